The first kappa shape index (κ1) is 28.5. The lowest BCUT2D eigenvalue weighted by Crippen LogP contribution is -2.38. The van der Waals surface area contributed by atoms with Crippen molar-refractivity contribution in [2.24, 2.45) is 11.8 Å². The molecule has 4 N–H and O–H groups in total. The third-order valence-electron chi connectivity index (χ3n) is 6.07. The number of ether oxygens (including phenoxy) is 3. The second-order valence-electron chi connectivity index (χ2n) is 8.94. The number of nitrogens with two attached hydrogens (primary N) is 1. The van der Waals surface area contributed by atoms with Gasteiger partial charge < -0.3 is 30.4 Å². The number of carbonyl (C=O) groups excluding carboxylic acids is 1. The summed E-state index contributed by atoms with van der Waals surface area (Å²) in [4.78, 5) is 13.0. The number of nitrogen functional groups attached to an aromatic ring is 1. The van der Waals surface area contributed by atoms with Crippen LogP contribution in [0.15, 0.2) is 65.3 Å². The minimum absolute atomic E-state index is 0.00536. The van der Waals surface area contributed by atoms with Crippen molar-refractivity contribution in [2.45, 2.75) is 31.5 Å². The number of nitrogens with zero attached hydrogens (tertiary/aromatic N) is 1. The van der Waals surface area contributed by atoms with Crippen LogP contribution in [-0.4, -0.2) is 63.4 Å². The Morgan fingerprint density at radius 2 is 1.89 bits per heavy atom. The van der Waals surface area contributed by atoms with Gasteiger partial charge in [0.1, 0.15) is 5.75 Å². The molecular weight excluding hydrogens is 498 g/mol. The van der Waals surface area contributed by atoms with Crippen LogP contribution in [0.4, 0.5) is 11.4 Å². The smallest absolute Gasteiger partial charge is 0.290 e. The van der Waals surface area contributed by atoms with Crippen LogP contribution in [0.3, 0.4) is 0 Å². The lowest BCUT2D eigenvalue weighted by molar-refractivity contribution is -0.148. The average molecular weight is 534 g/mol. The number of hydrogen-bond donors (Lipinski definition) is 3. The van der Waals surface area contributed by atoms with Gasteiger partial charge in [0.15, 0.2) is 5.76 Å². The normalized spacial score (nSPS) is 17.8. The van der Waals surface area contributed by atoms with E-state index in [1.54, 1.807) is 42.5 Å². The summed E-state index contributed by atoms with van der Waals surface area (Å²) in [5, 5.41) is 12.2. The quantitative estimate of drug-likeness (QED) is 0.354. The Labute approximate surface area is 218 Å². The highest BCUT2D eigenvalue weighted by atomic mass is 32.2. The van der Waals surface area contributed by atoms with Crippen LogP contribution in [0, 0.1) is 11.8 Å². The van der Waals surface area contributed by atoms with Crippen LogP contribution < -0.4 is 15.8 Å². The molecule has 0 saturated carbocycles. The molecule has 0 radical (unpaired) electrons. The van der Waals surface area contributed by atoms with Crippen LogP contribution >= 0.6 is 0 Å². The van der Waals surface area contributed by atoms with Crippen LogP contribution in [0.5, 0.6) is 5.75 Å². The monoisotopic (exact) mass is 533 g/mol. The molecule has 1 amide bonds. The van der Waals surface area contributed by atoms with Crippen LogP contribution in [-0.2, 0) is 24.3 Å². The molecule has 2 aromatic rings. The molecule has 10 nitrogen and oxygen atoms in total. The number of hydrogen-bond acceptors (Lipinski definition) is 8. The Morgan fingerprint density at radius 3 is 2.51 bits per heavy atom. The molecule has 1 heterocycles. The molecule has 1 aliphatic rings. The topological polar surface area (TPSA) is 140 Å². The molecule has 0 saturated heterocycles. The van der Waals surface area contributed by atoms with Gasteiger partial charge in [-0.2, -0.15) is 4.31 Å². The van der Waals surface area contributed by atoms with E-state index in [0.717, 1.165) is 4.31 Å². The lowest BCUT2D eigenvalue weighted by Gasteiger charge is -2.31. The molecule has 0 spiro atoms. The standard InChI is InChI=1S/C26H35N3O7S/c1-18(2)19-16-24(26(31)28-23-7-5-4-6-22(23)27)36-25(17-19)35-15-13-29(12-14-30)37(32,33)21-10-8-20(34-3)9-11-21/h4-11,16,18-19,25,30H,12-15,17,27H2,1-3H3,(H,28,31)/t19-,25+/m0/s1. The predicted molar refractivity (Wildman–Crippen MR) is 140 cm³/mol. The molecule has 0 unspecified atom stereocenters. The van der Waals surface area contributed by atoms with Gasteiger partial charge >= 0.3 is 0 Å². The Balaban J connectivity index is 1.66. The van der Waals surface area contributed by atoms with Gasteiger partial charge in [-0.1, -0.05) is 26.0 Å². The van der Waals surface area contributed by atoms with Gasteiger partial charge in [-0.05, 0) is 54.3 Å². The van der Waals surface area contributed by atoms with Gasteiger partial charge in [0.05, 0.1) is 36.6 Å². The highest BCUT2D eigenvalue weighted by molar-refractivity contribution is 7.89. The summed E-state index contributed by atoms with van der Waals surface area (Å²) in [6.07, 6.45) is 1.55. The zero-order valence-corrected chi connectivity index (χ0v) is 22.1. The molecular formula is C26H35N3O7S. The van der Waals surface area contributed by atoms with E-state index < -0.39 is 22.2 Å². The Morgan fingerprint density at radius 1 is 1.19 bits per heavy atom. The van der Waals surface area contributed by atoms with E-state index in [1.807, 2.05) is 13.8 Å². The Bertz CT molecular complexity index is 1180. The number of rotatable bonds is 12. The summed E-state index contributed by atoms with van der Waals surface area (Å²) >= 11 is 0. The van der Waals surface area contributed by atoms with E-state index in [4.69, 9.17) is 19.9 Å². The number of anilines is 2. The van der Waals surface area contributed by atoms with Gasteiger partial charge in [-0.15, -0.1) is 0 Å². The fraction of sp³-hybridized carbons (Fsp3) is 0.423. The van der Waals surface area contributed by atoms with Crippen molar-refractivity contribution >= 4 is 27.3 Å². The summed E-state index contributed by atoms with van der Waals surface area (Å²) in [6, 6.07) is 12.9. The molecule has 3 rings (SSSR count). The zero-order valence-electron chi connectivity index (χ0n) is 21.3. The van der Waals surface area contributed by atoms with Gasteiger partial charge in [0.25, 0.3) is 5.91 Å². The molecule has 0 aliphatic carbocycles. The predicted octanol–water partition coefficient (Wildman–Crippen LogP) is 2.82. The van der Waals surface area contributed by atoms with Gasteiger partial charge in [0, 0.05) is 19.5 Å². The van der Waals surface area contributed by atoms with Crippen molar-refractivity contribution in [3.8, 4) is 5.75 Å². The molecule has 2 aromatic carbocycles. The number of nitrogens with one attached hydrogen (secondary N) is 1. The van der Waals surface area contributed by atoms with Crippen LogP contribution in [0.25, 0.3) is 0 Å². The highest BCUT2D eigenvalue weighted by Crippen LogP contribution is 2.30. The molecule has 1 aliphatic heterocycles. The fourth-order valence-electron chi connectivity index (χ4n) is 3.85. The van der Waals surface area contributed by atoms with E-state index in [-0.39, 0.29) is 48.8 Å². The number of amides is 1. The molecule has 0 aromatic heterocycles. The molecule has 11 heteroatoms. The molecule has 0 fully saturated rings. The summed E-state index contributed by atoms with van der Waals surface area (Å²) in [5.41, 5.74) is 6.84. The number of carbonyl (C=O) groups is 1. The number of aliphatic hydroxyl groups excluding tert-OH is 1. The first-order valence-corrected chi connectivity index (χ1v) is 13.5. The van der Waals surface area contributed by atoms with Crippen molar-refractivity contribution in [3.63, 3.8) is 0 Å². The zero-order chi connectivity index (χ0) is 27.0. The maximum Gasteiger partial charge on any atom is 0.290 e. The van der Waals surface area contributed by atoms with E-state index in [0.29, 0.717) is 23.5 Å². The summed E-state index contributed by atoms with van der Waals surface area (Å²) < 4.78 is 44.2. The summed E-state index contributed by atoms with van der Waals surface area (Å²) in [7, 11) is -2.37. The second kappa shape index (κ2) is 12.9. The van der Waals surface area contributed by atoms with E-state index in [9.17, 15) is 18.3 Å². The number of aliphatic hydroxyl groups is 1. The number of benzene rings is 2. The number of allylic oxidation sites excluding steroid dienone is 1. The van der Waals surface area contributed by atoms with E-state index in [2.05, 4.69) is 5.32 Å². The van der Waals surface area contributed by atoms with E-state index >= 15 is 0 Å². The SMILES string of the molecule is COc1ccc(S(=O)(=O)N(CCO)CCO[C@H]2C[C@@H](C(C)C)C=C(C(=O)Nc3ccccc3N)O2)cc1. The molecule has 202 valence electrons. The third kappa shape index (κ3) is 7.45. The van der Waals surface area contributed by atoms with Crippen LogP contribution in [0.2, 0.25) is 0 Å². The van der Waals surface area contributed by atoms with E-state index in [1.165, 1.54) is 19.2 Å². The maximum atomic E-state index is 13.1. The Hall–Kier alpha value is -3.12. The van der Waals surface area contributed by atoms with Crippen molar-refractivity contribution in [2.75, 3.05) is 44.5 Å². The largest absolute Gasteiger partial charge is 0.497 e. The average Bonchev–Trinajstić information content (AvgIpc) is 2.89. The number of methoxy groups -OCH3 is 1. The fourth-order valence-corrected chi connectivity index (χ4v) is 5.27. The number of sulfonamides is 1. The minimum Gasteiger partial charge on any atom is -0.497 e. The maximum absolute atomic E-state index is 13.1. The van der Waals surface area contributed by atoms with Crippen molar-refractivity contribution in [3.05, 3.63) is 60.4 Å². The lowest BCUT2D eigenvalue weighted by atomic mass is 9.90. The third-order valence-corrected chi connectivity index (χ3v) is 7.98. The molecule has 2 atom stereocenters. The summed E-state index contributed by atoms with van der Waals surface area (Å²) in [6.45, 7) is 3.64. The first-order valence-electron chi connectivity index (χ1n) is 12.1. The van der Waals surface area contributed by atoms with Gasteiger partial charge in [0.2, 0.25) is 16.3 Å². The first-order chi connectivity index (χ1) is 17.6. The minimum atomic E-state index is -3.87. The van der Waals surface area contributed by atoms with Gasteiger partial charge in [-0.3, -0.25) is 4.79 Å². The molecule has 37 heavy (non-hydrogen) atoms. The van der Waals surface area contributed by atoms with Crippen molar-refractivity contribution < 1.29 is 32.5 Å². The van der Waals surface area contributed by atoms with Crippen molar-refractivity contribution in [1.82, 2.24) is 4.31 Å². The second-order valence-corrected chi connectivity index (χ2v) is 10.9. The Kier molecular flexibility index (Phi) is 9.93. The van der Waals surface area contributed by atoms with Gasteiger partial charge in [-0.25, -0.2) is 8.42 Å². The molecule has 0 bridgehead atoms. The summed E-state index contributed by atoms with van der Waals surface area (Å²) in [5.74, 6) is 0.454. The highest BCUT2D eigenvalue weighted by Gasteiger charge is 2.30. The number of para-hydroxylation sites is 2. The van der Waals surface area contributed by atoms with Crippen LogP contribution in [0.1, 0.15) is 20.3 Å². The van der Waals surface area contributed by atoms with Crippen molar-refractivity contribution in [1.29, 1.82) is 0 Å².